The van der Waals surface area contributed by atoms with Gasteiger partial charge in [-0.2, -0.15) is 9.83 Å². The lowest BCUT2D eigenvalue weighted by Gasteiger charge is -2.37. The van der Waals surface area contributed by atoms with Crippen molar-refractivity contribution in [3.63, 3.8) is 0 Å². The van der Waals surface area contributed by atoms with E-state index >= 15 is 0 Å². The van der Waals surface area contributed by atoms with Crippen LogP contribution in [0.15, 0.2) is 102 Å². The van der Waals surface area contributed by atoms with Crippen LogP contribution in [0.25, 0.3) is 5.69 Å². The number of piperazine rings is 1. The van der Waals surface area contributed by atoms with Crippen LogP contribution in [0.5, 0.6) is 5.75 Å². The fraction of sp³-hybridized carbons (Fsp3) is 0.342. The van der Waals surface area contributed by atoms with Crippen molar-refractivity contribution in [2.45, 2.75) is 44.6 Å². The van der Waals surface area contributed by atoms with Gasteiger partial charge in [-0.1, -0.05) is 36.2 Å². The zero-order valence-corrected chi connectivity index (χ0v) is 30.0. The third-order valence-electron chi connectivity index (χ3n) is 9.59. The molecule has 51 heavy (non-hydrogen) atoms. The molecule has 13 heteroatoms. The van der Waals surface area contributed by atoms with Gasteiger partial charge < -0.3 is 29.2 Å². The zero-order chi connectivity index (χ0) is 35.5. The number of hydrogen-bond donors (Lipinski definition) is 0. The maximum atomic E-state index is 12.8. The van der Waals surface area contributed by atoms with Gasteiger partial charge in [0.05, 0.1) is 23.4 Å². The van der Waals surface area contributed by atoms with E-state index in [1.54, 1.807) is 35.2 Å². The van der Waals surface area contributed by atoms with Crippen LogP contribution in [0.2, 0.25) is 10.0 Å². The predicted octanol–water partition coefficient (Wildman–Crippen LogP) is 6.16. The number of benzene rings is 3. The Bertz CT molecular complexity index is 2010. The maximum absolute atomic E-state index is 12.8. The Morgan fingerprint density at radius 1 is 0.980 bits per heavy atom. The van der Waals surface area contributed by atoms with E-state index in [1.165, 1.54) is 17.1 Å². The summed E-state index contributed by atoms with van der Waals surface area (Å²) in [4.78, 5) is 17.5. The van der Waals surface area contributed by atoms with Crippen LogP contribution >= 0.6 is 23.2 Å². The van der Waals surface area contributed by atoms with Gasteiger partial charge >= 0.3 is 5.69 Å². The smallest absolute Gasteiger partial charge is 0.350 e. The van der Waals surface area contributed by atoms with Crippen molar-refractivity contribution in [1.29, 1.82) is 0 Å². The Labute approximate surface area is 306 Å². The molecule has 1 unspecified atom stereocenters. The monoisotopic (exact) mass is 730 g/mol. The van der Waals surface area contributed by atoms with E-state index in [2.05, 4.69) is 39.2 Å². The number of ether oxygens (including phenoxy) is 3. The molecule has 7 rings (SSSR count). The molecule has 0 N–H and O–H groups in total. The largest absolute Gasteiger partial charge is 0.619 e. The number of halogens is 2. The number of nitrogens with zero attached hydrogens (tertiary/aromatic N) is 6. The standard InChI is InChI=1S/C38H40Cl2N6O5/c1-3-27(2)46-37(47)45(26-41-46)32-9-7-30(8-10-32)42-17-19-43(20-18-42)31-11-13-33(14-12-31)49-24-34-25-50-38(51-34,22-28-5-4-16-44(48)23-28)35-15-6-29(39)21-36(35)40/h4-16,21,23,26-27,34H,3,17-20,22,24-25H2,1-2H3/t27?,34-,38-/m1/s1. The van der Waals surface area contributed by atoms with Crippen molar-refractivity contribution in [2.75, 3.05) is 49.2 Å². The van der Waals surface area contributed by atoms with Crippen LogP contribution in [-0.2, 0) is 21.7 Å². The maximum Gasteiger partial charge on any atom is 0.350 e. The van der Waals surface area contributed by atoms with Gasteiger partial charge in [0.2, 0.25) is 5.79 Å². The average molecular weight is 732 g/mol. The molecule has 3 atom stereocenters. The van der Waals surface area contributed by atoms with Crippen molar-refractivity contribution in [3.05, 3.63) is 134 Å². The summed E-state index contributed by atoms with van der Waals surface area (Å²) in [5.74, 6) is -0.470. The van der Waals surface area contributed by atoms with Gasteiger partial charge in [0, 0.05) is 66.2 Å². The van der Waals surface area contributed by atoms with Gasteiger partial charge in [-0.05, 0) is 80.1 Å². The molecule has 0 radical (unpaired) electrons. The van der Waals surface area contributed by atoms with Crippen LogP contribution in [-0.4, -0.2) is 59.8 Å². The molecular formula is C38H40Cl2N6O5. The number of aromatic nitrogens is 4. The van der Waals surface area contributed by atoms with Crippen LogP contribution in [0, 0.1) is 5.21 Å². The van der Waals surface area contributed by atoms with E-state index in [0.717, 1.165) is 65.7 Å². The second kappa shape index (κ2) is 15.0. The molecule has 2 aliphatic heterocycles. The minimum atomic E-state index is -1.20. The van der Waals surface area contributed by atoms with Crippen molar-refractivity contribution >= 4 is 34.6 Å². The summed E-state index contributed by atoms with van der Waals surface area (Å²) in [6, 6.07) is 25.0. The molecule has 0 amide bonds. The molecule has 3 aromatic carbocycles. The summed E-state index contributed by atoms with van der Waals surface area (Å²) in [7, 11) is 0. The van der Waals surface area contributed by atoms with Crippen LogP contribution in [0.3, 0.4) is 0 Å². The Hall–Kier alpha value is -4.55. The van der Waals surface area contributed by atoms with Gasteiger partial charge in [0.1, 0.15) is 24.8 Å². The van der Waals surface area contributed by atoms with Crippen molar-refractivity contribution in [1.82, 2.24) is 14.3 Å². The summed E-state index contributed by atoms with van der Waals surface area (Å²) in [5, 5.41) is 17.2. The van der Waals surface area contributed by atoms with Crippen LogP contribution in [0.4, 0.5) is 11.4 Å². The third kappa shape index (κ3) is 7.57. The molecule has 2 aromatic heterocycles. The summed E-state index contributed by atoms with van der Waals surface area (Å²) in [6.07, 6.45) is 5.28. The lowest BCUT2D eigenvalue weighted by Crippen LogP contribution is -2.46. The molecule has 2 fully saturated rings. The van der Waals surface area contributed by atoms with Crippen molar-refractivity contribution in [3.8, 4) is 11.4 Å². The first-order valence-corrected chi connectivity index (χ1v) is 17.9. The second-order valence-electron chi connectivity index (χ2n) is 13.0. The molecule has 5 aromatic rings. The SMILES string of the molecule is CCC(C)n1ncn(-c2ccc(N3CCN(c4ccc(OC[C@@H]5CO[C@@](Cc6ccc[n+]([O-])c6)(c6ccc(Cl)cc6Cl)O5)cc4)CC3)cc2)c1=O. The van der Waals surface area contributed by atoms with Crippen molar-refractivity contribution in [2.24, 2.45) is 0 Å². The summed E-state index contributed by atoms with van der Waals surface area (Å²) in [6.45, 7) is 8.10. The van der Waals surface area contributed by atoms with Crippen LogP contribution < -0.4 is 25.0 Å². The molecular weight excluding hydrogens is 691 g/mol. The van der Waals surface area contributed by atoms with Gasteiger partial charge in [-0.3, -0.25) is 0 Å². The quantitative estimate of drug-likeness (QED) is 0.118. The Morgan fingerprint density at radius 3 is 2.29 bits per heavy atom. The number of hydrogen-bond acceptors (Lipinski definition) is 8. The molecule has 266 valence electrons. The first-order chi connectivity index (χ1) is 24.7. The summed E-state index contributed by atoms with van der Waals surface area (Å²) in [5.41, 5.74) is 4.33. The number of pyridine rings is 1. The molecule has 2 saturated heterocycles. The fourth-order valence-corrected chi connectivity index (χ4v) is 7.16. The zero-order valence-electron chi connectivity index (χ0n) is 28.5. The van der Waals surface area contributed by atoms with Gasteiger partial charge in [-0.15, -0.1) is 0 Å². The van der Waals surface area contributed by atoms with Gasteiger partial charge in [-0.25, -0.2) is 14.0 Å². The molecule has 0 spiro atoms. The summed E-state index contributed by atoms with van der Waals surface area (Å²) >= 11 is 12.8. The minimum absolute atomic E-state index is 0.0591. The third-order valence-corrected chi connectivity index (χ3v) is 10.1. The minimum Gasteiger partial charge on any atom is -0.619 e. The Balaban J connectivity index is 0.935. The lowest BCUT2D eigenvalue weighted by molar-refractivity contribution is -0.606. The highest BCUT2D eigenvalue weighted by Gasteiger charge is 2.45. The van der Waals surface area contributed by atoms with E-state index in [1.807, 2.05) is 44.2 Å². The number of rotatable bonds is 11. The fourth-order valence-electron chi connectivity index (χ4n) is 6.61. The van der Waals surface area contributed by atoms with E-state index in [4.69, 9.17) is 37.4 Å². The normalized spacial score (nSPS) is 19.7. The molecule has 0 saturated carbocycles. The summed E-state index contributed by atoms with van der Waals surface area (Å²) < 4.78 is 22.9. The van der Waals surface area contributed by atoms with E-state index in [-0.39, 0.29) is 37.5 Å². The lowest BCUT2D eigenvalue weighted by atomic mass is 9.98. The second-order valence-corrected chi connectivity index (χ2v) is 13.8. The van der Waals surface area contributed by atoms with Crippen LogP contribution in [0.1, 0.15) is 37.4 Å². The van der Waals surface area contributed by atoms with Gasteiger partial charge in [0.15, 0.2) is 12.4 Å². The highest BCUT2D eigenvalue weighted by molar-refractivity contribution is 6.35. The number of anilines is 2. The Kier molecular flexibility index (Phi) is 10.2. The molecule has 0 bridgehead atoms. The van der Waals surface area contributed by atoms with Gasteiger partial charge in [0.25, 0.3) is 0 Å². The molecule has 2 aliphatic rings. The average Bonchev–Trinajstić information content (AvgIpc) is 3.74. The topological polar surface area (TPSA) is 101 Å². The molecule has 0 aliphatic carbocycles. The van der Waals surface area contributed by atoms with E-state index in [0.29, 0.717) is 15.6 Å². The molecule has 4 heterocycles. The van der Waals surface area contributed by atoms with Crippen molar-refractivity contribution < 1.29 is 18.9 Å². The highest BCUT2D eigenvalue weighted by Crippen LogP contribution is 2.41. The highest BCUT2D eigenvalue weighted by atomic mass is 35.5. The first-order valence-electron chi connectivity index (χ1n) is 17.2. The van der Waals surface area contributed by atoms with E-state index < -0.39 is 5.79 Å². The first kappa shape index (κ1) is 34.9. The van der Waals surface area contributed by atoms with E-state index in [9.17, 15) is 10.0 Å². The Morgan fingerprint density at radius 2 is 1.65 bits per heavy atom. The predicted molar refractivity (Wildman–Crippen MR) is 197 cm³/mol. The molecule has 11 nitrogen and oxygen atoms in total.